The summed E-state index contributed by atoms with van der Waals surface area (Å²) in [4.78, 5) is 58.9. The molecule has 1 unspecified atom stereocenters. The average Bonchev–Trinajstić information content (AvgIpc) is 3.77. The predicted molar refractivity (Wildman–Crippen MR) is 292 cm³/mol. The quantitative estimate of drug-likeness (QED) is 0.0889. The Morgan fingerprint density at radius 3 is 2.27 bits per heavy atom. The van der Waals surface area contributed by atoms with E-state index in [4.69, 9.17) is 32.8 Å². The number of aliphatic hydroxyl groups excluding tert-OH is 1. The number of hydrogen-bond donors (Lipinski definition) is 2. The monoisotopic (exact) mass is 1060 g/mol. The lowest BCUT2D eigenvalue weighted by Gasteiger charge is -2.47. The van der Waals surface area contributed by atoms with Crippen LogP contribution in [-0.4, -0.2) is 140 Å². The molecule has 16 heteroatoms. The molecule has 1 aliphatic carbocycles. The van der Waals surface area contributed by atoms with Gasteiger partial charge in [0.25, 0.3) is 11.7 Å². The number of fused-ring (bicyclic) bond motifs is 4. The fourth-order valence-electron chi connectivity index (χ4n) is 11.7. The molecule has 1 saturated carbocycles. The molecule has 4 aliphatic rings. The highest BCUT2D eigenvalue weighted by atomic mass is 28.4. The van der Waals surface area contributed by atoms with Crippen LogP contribution in [0.4, 0.5) is 0 Å². The molecular formula is C59H92N2O13Si. The summed E-state index contributed by atoms with van der Waals surface area (Å²) < 4.78 is 46.0. The molecule has 15 nitrogen and oxygen atoms in total. The molecule has 3 fully saturated rings. The van der Waals surface area contributed by atoms with Crippen molar-refractivity contribution in [1.29, 1.82) is 0 Å². The van der Waals surface area contributed by atoms with Gasteiger partial charge in [0.1, 0.15) is 35.9 Å². The minimum absolute atomic E-state index is 0.00232. The maximum Gasteiger partial charge on any atom is 0.329 e. The number of amides is 1. The number of esters is 1. The summed E-state index contributed by atoms with van der Waals surface area (Å²) in [6, 6.07) is 7.14. The van der Waals surface area contributed by atoms with Crippen LogP contribution in [0.3, 0.4) is 0 Å². The molecule has 0 spiro atoms. The number of methoxy groups -OCH3 is 3. The van der Waals surface area contributed by atoms with Gasteiger partial charge in [-0.1, -0.05) is 66.2 Å². The van der Waals surface area contributed by atoms with Crippen LogP contribution in [0.5, 0.6) is 5.75 Å². The molecule has 1 amide bonds. The van der Waals surface area contributed by atoms with Crippen LogP contribution in [0, 0.1) is 29.6 Å². The second-order valence-corrected chi connectivity index (χ2v) is 28.9. The van der Waals surface area contributed by atoms with Crippen LogP contribution in [0.2, 0.25) is 18.1 Å². The van der Waals surface area contributed by atoms with E-state index in [-0.39, 0.29) is 60.7 Å². The lowest BCUT2D eigenvalue weighted by Crippen LogP contribution is -2.64. The van der Waals surface area contributed by atoms with E-state index in [1.165, 1.54) is 4.90 Å². The molecule has 14 atom stereocenters. The van der Waals surface area contributed by atoms with Gasteiger partial charge < -0.3 is 52.5 Å². The number of rotatable bonds is 12. The number of ketones is 2. The minimum atomic E-state index is -2.52. The van der Waals surface area contributed by atoms with Crippen molar-refractivity contribution in [3.05, 3.63) is 53.8 Å². The van der Waals surface area contributed by atoms with Gasteiger partial charge in [0.05, 0.1) is 31.0 Å². The first-order valence-corrected chi connectivity index (χ1v) is 30.8. The van der Waals surface area contributed by atoms with Gasteiger partial charge >= 0.3 is 5.97 Å². The van der Waals surface area contributed by atoms with E-state index in [1.54, 1.807) is 35.2 Å². The molecule has 3 aliphatic heterocycles. The van der Waals surface area contributed by atoms with Gasteiger partial charge in [0, 0.05) is 75.7 Å². The summed E-state index contributed by atoms with van der Waals surface area (Å²) >= 11 is 0. The Kier molecular flexibility index (Phi) is 20.8. The average molecular weight is 1070 g/mol. The number of benzene rings is 1. The molecule has 0 radical (unpaired) electrons. The van der Waals surface area contributed by atoms with E-state index < -0.39 is 86.1 Å². The summed E-state index contributed by atoms with van der Waals surface area (Å²) in [6.45, 7) is 24.1. The van der Waals surface area contributed by atoms with Gasteiger partial charge in [0.15, 0.2) is 8.32 Å². The molecule has 6 rings (SSSR count). The summed E-state index contributed by atoms with van der Waals surface area (Å²) in [5.41, 5.74) is 2.80. The number of carbonyl (C=O) groups is 4. The standard InChI is InChI=1S/C59H92N2O13Si/c1-15-42-29-36(2)28-37(3)30-51(69-11)54-52(70-12)32-39(5)59(67,74-54)55(64)56(65)61-24-17-16-18-46(61)57(66)73-53(40(6)47(62)35-48(42)63)38(4)31-41-19-22-49(50(33-41)68-10)72-44-20-21-45-43(34-44)23-25-60(45)26-27-71-75(13,14)58(7,8)9/h20-21,23,25,29,31,34,37,39-42,46-47,49-54,62,67H,15-19,22,24,26-28,30,32-33,35H2,1-14H3/b36-29-,38-31+/t37-,39+,40+,41-,42+,46-,47-,49+,50+,51-,52-,53+,54?,59+/m0/s1. The van der Waals surface area contributed by atoms with Crippen molar-refractivity contribution < 1.29 is 62.2 Å². The van der Waals surface area contributed by atoms with E-state index in [0.717, 1.165) is 35.2 Å². The Labute approximate surface area is 448 Å². The van der Waals surface area contributed by atoms with Crippen LogP contribution in [0.1, 0.15) is 133 Å². The second-order valence-electron chi connectivity index (χ2n) is 24.1. The van der Waals surface area contributed by atoms with Gasteiger partial charge in [-0.05, 0) is 138 Å². The third kappa shape index (κ3) is 14.3. The molecule has 420 valence electrons. The Morgan fingerprint density at radius 2 is 1.60 bits per heavy atom. The second kappa shape index (κ2) is 25.8. The topological polar surface area (TPSA) is 182 Å². The Bertz CT molecular complexity index is 2340. The summed E-state index contributed by atoms with van der Waals surface area (Å²) in [5, 5.41) is 25.4. The third-order valence-corrected chi connectivity index (χ3v) is 22.0. The summed E-state index contributed by atoms with van der Waals surface area (Å²) in [7, 11) is 2.91. The van der Waals surface area contributed by atoms with E-state index >= 15 is 0 Å². The first kappa shape index (κ1) is 60.5. The molecule has 2 bridgehead atoms. The largest absolute Gasteiger partial charge is 0.488 e. The first-order valence-electron chi connectivity index (χ1n) is 27.9. The Balaban J connectivity index is 1.24. The molecule has 1 aromatic carbocycles. The highest BCUT2D eigenvalue weighted by Crippen LogP contribution is 2.41. The zero-order chi connectivity index (χ0) is 55.2. The third-order valence-electron chi connectivity index (χ3n) is 17.5. The fourth-order valence-corrected chi connectivity index (χ4v) is 12.8. The number of piperidine rings is 1. The normalized spacial score (nSPS) is 34.6. The Hall–Kier alpha value is -3.74. The van der Waals surface area contributed by atoms with Crippen LogP contribution in [0.15, 0.2) is 53.8 Å². The van der Waals surface area contributed by atoms with Crippen molar-refractivity contribution in [2.75, 3.05) is 34.5 Å². The van der Waals surface area contributed by atoms with Crippen molar-refractivity contribution in [3.63, 3.8) is 0 Å². The van der Waals surface area contributed by atoms with Gasteiger partial charge in [-0.3, -0.25) is 14.4 Å². The van der Waals surface area contributed by atoms with E-state index in [2.05, 4.69) is 75.8 Å². The smallest absolute Gasteiger partial charge is 0.329 e. The molecule has 75 heavy (non-hydrogen) atoms. The number of carbonyl (C=O) groups excluding carboxylic acids is 4. The van der Waals surface area contributed by atoms with Crippen molar-refractivity contribution in [2.45, 2.75) is 212 Å². The molecule has 2 aromatic rings. The zero-order valence-electron chi connectivity index (χ0n) is 47.7. The maximum atomic E-state index is 14.7. The molecule has 2 N–H and O–H groups in total. The summed E-state index contributed by atoms with van der Waals surface area (Å²) in [6.07, 6.45) is 6.58. The van der Waals surface area contributed by atoms with Crippen molar-refractivity contribution in [2.24, 2.45) is 29.6 Å². The maximum absolute atomic E-state index is 14.7. The van der Waals surface area contributed by atoms with Gasteiger partial charge in [-0.2, -0.15) is 0 Å². The van der Waals surface area contributed by atoms with Crippen LogP contribution in [0.25, 0.3) is 10.9 Å². The first-order chi connectivity index (χ1) is 35.4. The van der Waals surface area contributed by atoms with Crippen molar-refractivity contribution >= 4 is 42.7 Å². The zero-order valence-corrected chi connectivity index (χ0v) is 48.7. The number of ether oxygens (including phenoxy) is 6. The number of hydrogen-bond acceptors (Lipinski definition) is 13. The number of allylic oxidation sites excluding steroid dienone is 3. The summed E-state index contributed by atoms with van der Waals surface area (Å²) in [5.74, 6) is -6.79. The molecule has 4 heterocycles. The molecular weight excluding hydrogens is 973 g/mol. The van der Waals surface area contributed by atoms with Crippen molar-refractivity contribution in [1.82, 2.24) is 9.47 Å². The van der Waals surface area contributed by atoms with Gasteiger partial charge in [0.2, 0.25) is 5.79 Å². The number of Topliss-reactive ketones (excluding diaryl/α,β-unsaturated/α-hetero) is 2. The van der Waals surface area contributed by atoms with Crippen LogP contribution < -0.4 is 4.74 Å². The predicted octanol–water partition coefficient (Wildman–Crippen LogP) is 9.54. The number of cyclic esters (lactones) is 1. The van der Waals surface area contributed by atoms with E-state index in [9.17, 15) is 29.4 Å². The lowest BCUT2D eigenvalue weighted by atomic mass is 9.81. The fraction of sp³-hybridized carbons (Fsp3) is 0.729. The SMILES string of the molecule is CC[C@@H]1/C=C(/C)C[C@H](C)C[C@H](OC)C2O[C@@](O)(C(=O)C(=O)N3CCCC[C@H]3C(=O)O[C@H](/C(C)=C/[C@@H]3CC[C@@H](Oc4ccc5c(ccn5CCO[Si](C)(C)C(C)(C)C)c4)[C@H](OC)C3)[C@H](C)[C@@H](O)CC1=O)[C@H](C)C[C@@H]2OC. The minimum Gasteiger partial charge on any atom is -0.488 e. The highest BCUT2D eigenvalue weighted by Gasteiger charge is 2.57. The number of aliphatic hydroxyl groups is 2. The highest BCUT2D eigenvalue weighted by molar-refractivity contribution is 6.74. The van der Waals surface area contributed by atoms with Crippen LogP contribution in [-0.2, 0) is 53.8 Å². The van der Waals surface area contributed by atoms with E-state index in [1.807, 2.05) is 32.9 Å². The molecule has 1 aromatic heterocycles. The lowest BCUT2D eigenvalue weighted by molar-refractivity contribution is -0.302. The number of aromatic nitrogens is 1. The molecule has 2 saturated heterocycles. The van der Waals surface area contributed by atoms with Gasteiger partial charge in [-0.15, -0.1) is 0 Å². The van der Waals surface area contributed by atoms with Crippen molar-refractivity contribution in [3.8, 4) is 5.75 Å². The number of nitrogens with zero attached hydrogens (tertiary/aromatic N) is 2. The van der Waals surface area contributed by atoms with Gasteiger partial charge in [-0.25, -0.2) is 4.79 Å². The van der Waals surface area contributed by atoms with E-state index in [0.29, 0.717) is 57.1 Å². The Morgan fingerprint density at radius 1 is 0.907 bits per heavy atom. The van der Waals surface area contributed by atoms with Crippen LogP contribution >= 0.6 is 0 Å².